The van der Waals surface area contributed by atoms with E-state index in [-0.39, 0.29) is 0 Å². The molecule has 1 N–H and O–H groups in total. The Morgan fingerprint density at radius 2 is 2.38 bits per heavy atom. The van der Waals surface area contributed by atoms with Gasteiger partial charge in [-0.15, -0.1) is 0 Å². The summed E-state index contributed by atoms with van der Waals surface area (Å²) in [6.45, 7) is 6.78. The highest BCUT2D eigenvalue weighted by Crippen LogP contribution is 2.14. The Balaban J connectivity index is 2.77. The molecule has 1 aromatic rings. The molecule has 0 saturated heterocycles. The second kappa shape index (κ2) is 4.23. The molecule has 0 fully saturated rings. The Hall–Kier alpha value is -1.09. The summed E-state index contributed by atoms with van der Waals surface area (Å²) in [5.74, 6) is 0. The molecule has 0 saturated carbocycles. The molecule has 0 spiro atoms. The summed E-state index contributed by atoms with van der Waals surface area (Å²) in [4.78, 5) is 0. The molecule has 1 heterocycles. The molecular weight excluding hydrogens is 164 g/mol. The average molecular weight is 180 g/mol. The molecule has 1 aromatic heterocycles. The van der Waals surface area contributed by atoms with Crippen LogP contribution < -0.4 is 0 Å². The largest absolute Gasteiger partial charge is 0.384 e. The smallest absolute Gasteiger partial charge is 0.100 e. The van der Waals surface area contributed by atoms with Crippen molar-refractivity contribution in [3.8, 4) is 0 Å². The first-order valence-electron chi connectivity index (χ1n) is 4.49. The third-order valence-electron chi connectivity index (χ3n) is 1.81. The third kappa shape index (κ3) is 2.70. The second-order valence-electron chi connectivity index (χ2n) is 3.32. The van der Waals surface area contributed by atoms with Crippen molar-refractivity contribution in [3.63, 3.8) is 0 Å². The van der Waals surface area contributed by atoms with Crippen LogP contribution >= 0.6 is 0 Å². The highest BCUT2D eigenvalue weighted by molar-refractivity contribution is 5.15. The van der Waals surface area contributed by atoms with Crippen LogP contribution in [0.5, 0.6) is 0 Å². The number of hydrogen-bond acceptors (Lipinski definition) is 2. The van der Waals surface area contributed by atoms with Crippen LogP contribution in [0.2, 0.25) is 0 Å². The molecule has 13 heavy (non-hydrogen) atoms. The summed E-state index contributed by atoms with van der Waals surface area (Å²) in [6.07, 6.45) is 4.86. The Morgan fingerprint density at radius 3 is 2.85 bits per heavy atom. The fraction of sp³-hybridized carbons (Fsp3) is 0.500. The lowest BCUT2D eigenvalue weighted by Crippen LogP contribution is -1.94. The zero-order valence-corrected chi connectivity index (χ0v) is 8.36. The summed E-state index contributed by atoms with van der Waals surface area (Å²) in [7, 11) is 0. The minimum absolute atomic E-state index is 0.523. The van der Waals surface area contributed by atoms with E-state index in [1.54, 1.807) is 10.9 Å². The van der Waals surface area contributed by atoms with Gasteiger partial charge in [0, 0.05) is 18.3 Å². The number of nitrogens with zero attached hydrogens (tertiary/aromatic N) is 2. The van der Waals surface area contributed by atoms with E-state index in [9.17, 15) is 5.11 Å². The van der Waals surface area contributed by atoms with E-state index in [1.807, 2.05) is 33.0 Å². The van der Waals surface area contributed by atoms with E-state index in [2.05, 4.69) is 5.10 Å². The number of rotatable bonds is 3. The molecule has 0 aromatic carbocycles. The summed E-state index contributed by atoms with van der Waals surface area (Å²) in [6, 6.07) is 0. The average Bonchev–Trinajstić information content (AvgIpc) is 2.50. The highest BCUT2D eigenvalue weighted by atomic mass is 16.3. The maximum absolute atomic E-state index is 9.67. The normalized spacial score (nSPS) is 12.6. The van der Waals surface area contributed by atoms with Crippen molar-refractivity contribution >= 4 is 0 Å². The molecule has 3 heteroatoms. The zero-order chi connectivity index (χ0) is 9.84. The quantitative estimate of drug-likeness (QED) is 0.721. The molecule has 0 radical (unpaired) electrons. The van der Waals surface area contributed by atoms with Crippen LogP contribution in [0.15, 0.2) is 24.0 Å². The maximum atomic E-state index is 9.67. The number of hydrogen-bond donors (Lipinski definition) is 1. The van der Waals surface area contributed by atoms with Crippen LogP contribution in [0, 0.1) is 0 Å². The van der Waals surface area contributed by atoms with Crippen LogP contribution in [0.1, 0.15) is 32.4 Å². The van der Waals surface area contributed by atoms with Crippen molar-refractivity contribution in [3.05, 3.63) is 29.6 Å². The van der Waals surface area contributed by atoms with Gasteiger partial charge < -0.3 is 5.11 Å². The van der Waals surface area contributed by atoms with Crippen LogP contribution in [-0.4, -0.2) is 14.9 Å². The van der Waals surface area contributed by atoms with E-state index in [0.29, 0.717) is 0 Å². The number of aliphatic hydroxyl groups excluding tert-OH is 1. The van der Waals surface area contributed by atoms with Crippen molar-refractivity contribution in [1.29, 1.82) is 0 Å². The van der Waals surface area contributed by atoms with E-state index >= 15 is 0 Å². The fourth-order valence-corrected chi connectivity index (χ4v) is 1.12. The molecular formula is C10H16N2O. The summed E-state index contributed by atoms with van der Waals surface area (Å²) < 4.78 is 1.80. The molecule has 72 valence electrons. The van der Waals surface area contributed by atoms with Crippen molar-refractivity contribution in [2.75, 3.05) is 0 Å². The summed E-state index contributed by atoms with van der Waals surface area (Å²) in [5, 5.41) is 13.8. The van der Waals surface area contributed by atoms with Gasteiger partial charge in [0.15, 0.2) is 0 Å². The molecule has 0 aliphatic carbocycles. The first-order valence-corrected chi connectivity index (χ1v) is 4.49. The Morgan fingerprint density at radius 1 is 1.69 bits per heavy atom. The third-order valence-corrected chi connectivity index (χ3v) is 1.81. The minimum atomic E-state index is -0.523. The van der Waals surface area contributed by atoms with Gasteiger partial charge in [0.25, 0.3) is 0 Å². The van der Waals surface area contributed by atoms with E-state index in [1.165, 1.54) is 0 Å². The lowest BCUT2D eigenvalue weighted by molar-refractivity contribution is 0.227. The van der Waals surface area contributed by atoms with Crippen molar-refractivity contribution < 1.29 is 5.11 Å². The van der Waals surface area contributed by atoms with Crippen molar-refractivity contribution in [2.24, 2.45) is 0 Å². The van der Waals surface area contributed by atoms with E-state index < -0.39 is 6.10 Å². The van der Waals surface area contributed by atoms with Gasteiger partial charge in [-0.05, 0) is 20.8 Å². The Bertz CT molecular complexity index is 298. The number of aryl methyl sites for hydroxylation is 1. The Kier molecular flexibility index (Phi) is 3.25. The van der Waals surface area contributed by atoms with Crippen LogP contribution in [0.3, 0.4) is 0 Å². The van der Waals surface area contributed by atoms with Gasteiger partial charge in [0.1, 0.15) is 6.10 Å². The Labute approximate surface area is 78.7 Å². The molecule has 0 aliphatic rings. The predicted molar refractivity (Wildman–Crippen MR) is 52.3 cm³/mol. The van der Waals surface area contributed by atoms with E-state index in [0.717, 1.165) is 17.7 Å². The predicted octanol–water partition coefficient (Wildman–Crippen LogP) is 1.90. The minimum Gasteiger partial charge on any atom is -0.384 e. The van der Waals surface area contributed by atoms with Crippen molar-refractivity contribution in [1.82, 2.24) is 9.78 Å². The molecule has 0 bridgehead atoms. The van der Waals surface area contributed by atoms with Gasteiger partial charge in [-0.2, -0.15) is 5.10 Å². The van der Waals surface area contributed by atoms with Gasteiger partial charge in [-0.1, -0.05) is 11.6 Å². The number of aliphatic hydroxyl groups is 1. The van der Waals surface area contributed by atoms with E-state index in [4.69, 9.17) is 0 Å². The molecule has 1 rings (SSSR count). The maximum Gasteiger partial charge on any atom is 0.100 e. The van der Waals surface area contributed by atoms with Crippen molar-refractivity contribution in [2.45, 2.75) is 33.4 Å². The summed E-state index contributed by atoms with van der Waals surface area (Å²) in [5.41, 5.74) is 1.96. The molecule has 0 aliphatic heterocycles. The van der Waals surface area contributed by atoms with Crippen LogP contribution in [0.25, 0.3) is 0 Å². The van der Waals surface area contributed by atoms with Crippen LogP contribution in [-0.2, 0) is 6.54 Å². The molecule has 1 atom stereocenters. The van der Waals surface area contributed by atoms with Gasteiger partial charge in [0.05, 0.1) is 6.20 Å². The number of aromatic nitrogens is 2. The standard InChI is InChI=1S/C10H16N2O/c1-4-12-7-9(6-11-12)10(13)5-8(2)3/h5-7,10,13H,4H2,1-3H3. The SMILES string of the molecule is CCn1cc(C(O)C=C(C)C)cn1. The lowest BCUT2D eigenvalue weighted by Gasteiger charge is -2.01. The topological polar surface area (TPSA) is 38.0 Å². The van der Waals surface area contributed by atoms with Gasteiger partial charge in [0.2, 0.25) is 0 Å². The molecule has 3 nitrogen and oxygen atoms in total. The second-order valence-corrected chi connectivity index (χ2v) is 3.32. The van der Waals surface area contributed by atoms with Gasteiger partial charge in [-0.25, -0.2) is 0 Å². The highest BCUT2D eigenvalue weighted by Gasteiger charge is 2.05. The molecule has 0 amide bonds. The van der Waals surface area contributed by atoms with Crippen LogP contribution in [0.4, 0.5) is 0 Å². The monoisotopic (exact) mass is 180 g/mol. The first kappa shape index (κ1) is 9.99. The zero-order valence-electron chi connectivity index (χ0n) is 8.36. The van der Waals surface area contributed by atoms with Gasteiger partial charge in [-0.3, -0.25) is 4.68 Å². The van der Waals surface area contributed by atoms with Gasteiger partial charge >= 0.3 is 0 Å². The summed E-state index contributed by atoms with van der Waals surface area (Å²) >= 11 is 0. The lowest BCUT2D eigenvalue weighted by atomic mass is 10.1. The first-order chi connectivity index (χ1) is 6.13. The fourth-order valence-electron chi connectivity index (χ4n) is 1.12. The molecule has 1 unspecified atom stereocenters. The number of allylic oxidation sites excluding steroid dienone is 1.